The lowest BCUT2D eigenvalue weighted by molar-refractivity contribution is -0.384. The first-order valence-electron chi connectivity index (χ1n) is 7.17. The molecule has 6 heteroatoms. The molecule has 0 aliphatic carbocycles. The van der Waals surface area contributed by atoms with Gasteiger partial charge in [-0.3, -0.25) is 15.1 Å². The van der Waals surface area contributed by atoms with Gasteiger partial charge in [0, 0.05) is 18.3 Å². The maximum atomic E-state index is 10.8. The summed E-state index contributed by atoms with van der Waals surface area (Å²) in [6, 6.07) is 8.23. The molecular weight excluding hydrogens is 282 g/mol. The molecule has 2 aromatic heterocycles. The molecule has 0 aliphatic rings. The summed E-state index contributed by atoms with van der Waals surface area (Å²) in [7, 11) is 0. The molecule has 22 heavy (non-hydrogen) atoms. The minimum absolute atomic E-state index is 0.00442. The molecule has 0 fully saturated rings. The predicted octanol–water partition coefficient (Wildman–Crippen LogP) is 4.14. The zero-order valence-corrected chi connectivity index (χ0v) is 12.2. The van der Waals surface area contributed by atoms with Gasteiger partial charge in [0.15, 0.2) is 5.58 Å². The minimum atomic E-state index is -0.450. The monoisotopic (exact) mass is 297 g/mol. The Morgan fingerprint density at radius 1 is 1.27 bits per heavy atom. The van der Waals surface area contributed by atoms with Crippen molar-refractivity contribution in [2.24, 2.45) is 0 Å². The van der Waals surface area contributed by atoms with E-state index in [-0.39, 0.29) is 5.69 Å². The van der Waals surface area contributed by atoms with Crippen LogP contribution in [0.25, 0.3) is 22.7 Å². The van der Waals surface area contributed by atoms with E-state index in [1.54, 1.807) is 6.07 Å². The van der Waals surface area contributed by atoms with Crippen molar-refractivity contribution < 1.29 is 9.34 Å². The maximum Gasteiger partial charge on any atom is 0.271 e. The van der Waals surface area contributed by atoms with E-state index in [2.05, 4.69) is 16.9 Å². The van der Waals surface area contributed by atoms with Gasteiger partial charge < -0.3 is 4.42 Å². The summed E-state index contributed by atoms with van der Waals surface area (Å²) in [6.45, 7) is 2.15. The molecule has 0 bridgehead atoms. The van der Waals surface area contributed by atoms with E-state index < -0.39 is 4.92 Å². The number of benzene rings is 1. The van der Waals surface area contributed by atoms with Crippen molar-refractivity contribution in [3.05, 3.63) is 52.2 Å². The Labute approximate surface area is 127 Å². The molecule has 0 N–H and O–H groups in total. The molecule has 0 saturated carbocycles. The van der Waals surface area contributed by atoms with Crippen molar-refractivity contribution in [2.75, 3.05) is 0 Å². The smallest absolute Gasteiger partial charge is 0.271 e. The number of aromatic nitrogens is 2. The van der Waals surface area contributed by atoms with Gasteiger partial charge in [-0.15, -0.1) is 0 Å². The molecule has 0 radical (unpaired) electrons. The second-order valence-electron chi connectivity index (χ2n) is 5.08. The van der Waals surface area contributed by atoms with Crippen molar-refractivity contribution in [3.8, 4) is 11.6 Å². The van der Waals surface area contributed by atoms with Gasteiger partial charge >= 0.3 is 0 Å². The molecule has 0 saturated heterocycles. The summed E-state index contributed by atoms with van der Waals surface area (Å²) in [5.41, 5.74) is 2.77. The maximum absolute atomic E-state index is 10.8. The molecule has 0 atom stereocenters. The molecule has 3 aromatic rings. The highest BCUT2D eigenvalue weighted by Gasteiger charge is 2.13. The SMILES string of the molecule is CCCCc1ccc(-c2nc3cc([N+](=O)[O-])ccc3o2)nc1. The van der Waals surface area contributed by atoms with Crippen LogP contribution >= 0.6 is 0 Å². The van der Waals surface area contributed by atoms with Gasteiger partial charge in [0.05, 0.1) is 4.92 Å². The van der Waals surface area contributed by atoms with Crippen LogP contribution in [-0.2, 0) is 6.42 Å². The predicted molar refractivity (Wildman–Crippen MR) is 82.5 cm³/mol. The Kier molecular flexibility index (Phi) is 3.82. The Morgan fingerprint density at radius 2 is 2.14 bits per heavy atom. The van der Waals surface area contributed by atoms with Crippen molar-refractivity contribution in [1.82, 2.24) is 9.97 Å². The first kappa shape index (κ1) is 14.2. The lowest BCUT2D eigenvalue weighted by Crippen LogP contribution is -1.89. The minimum Gasteiger partial charge on any atom is -0.435 e. The molecule has 3 rings (SSSR count). The zero-order chi connectivity index (χ0) is 15.5. The van der Waals surface area contributed by atoms with Crippen LogP contribution < -0.4 is 0 Å². The Balaban J connectivity index is 1.91. The Bertz CT molecular complexity index is 809. The fraction of sp³-hybridized carbons (Fsp3) is 0.250. The Hall–Kier alpha value is -2.76. The summed E-state index contributed by atoms with van der Waals surface area (Å²) in [4.78, 5) is 19.0. The molecule has 0 aliphatic heterocycles. The molecule has 6 nitrogen and oxygen atoms in total. The first-order chi connectivity index (χ1) is 10.7. The molecule has 0 amide bonds. The molecule has 0 spiro atoms. The molecule has 0 unspecified atom stereocenters. The number of pyridine rings is 1. The van der Waals surface area contributed by atoms with Crippen LogP contribution in [0.2, 0.25) is 0 Å². The summed E-state index contributed by atoms with van der Waals surface area (Å²) >= 11 is 0. The third-order valence-corrected chi connectivity index (χ3v) is 3.44. The van der Waals surface area contributed by atoms with E-state index in [1.807, 2.05) is 18.3 Å². The van der Waals surface area contributed by atoms with Crippen molar-refractivity contribution in [2.45, 2.75) is 26.2 Å². The fourth-order valence-electron chi connectivity index (χ4n) is 2.22. The average Bonchev–Trinajstić information content (AvgIpc) is 2.96. The van der Waals surface area contributed by atoms with Crippen molar-refractivity contribution in [1.29, 1.82) is 0 Å². The van der Waals surface area contributed by atoms with Gasteiger partial charge in [0.1, 0.15) is 11.2 Å². The summed E-state index contributed by atoms with van der Waals surface area (Å²) in [5, 5.41) is 10.8. The number of oxazole rings is 1. The Morgan fingerprint density at radius 3 is 2.82 bits per heavy atom. The largest absolute Gasteiger partial charge is 0.435 e. The number of nitro benzene ring substituents is 1. The van der Waals surface area contributed by atoms with Crippen molar-refractivity contribution in [3.63, 3.8) is 0 Å². The number of nitrogens with zero attached hydrogens (tertiary/aromatic N) is 3. The van der Waals surface area contributed by atoms with Gasteiger partial charge in [0.2, 0.25) is 5.89 Å². The lowest BCUT2D eigenvalue weighted by atomic mass is 10.1. The zero-order valence-electron chi connectivity index (χ0n) is 12.2. The molecule has 2 heterocycles. The topological polar surface area (TPSA) is 82.1 Å². The van der Waals surface area contributed by atoms with E-state index >= 15 is 0 Å². The van der Waals surface area contributed by atoms with Crippen LogP contribution in [0, 0.1) is 10.1 Å². The number of hydrogen-bond donors (Lipinski definition) is 0. The fourth-order valence-corrected chi connectivity index (χ4v) is 2.22. The van der Waals surface area contributed by atoms with Gasteiger partial charge in [-0.2, -0.15) is 0 Å². The summed E-state index contributed by atoms with van der Waals surface area (Å²) in [6.07, 6.45) is 5.10. The molecular formula is C16H15N3O3. The summed E-state index contributed by atoms with van der Waals surface area (Å²) < 4.78 is 5.61. The highest BCUT2D eigenvalue weighted by Crippen LogP contribution is 2.26. The van der Waals surface area contributed by atoms with Crippen LogP contribution in [0.4, 0.5) is 5.69 Å². The van der Waals surface area contributed by atoms with E-state index in [0.717, 1.165) is 19.3 Å². The van der Waals surface area contributed by atoms with Crippen molar-refractivity contribution >= 4 is 16.8 Å². The van der Waals surface area contributed by atoms with Crippen LogP contribution in [0.15, 0.2) is 40.9 Å². The second-order valence-corrected chi connectivity index (χ2v) is 5.08. The van der Waals surface area contributed by atoms with Gasteiger partial charge in [-0.05, 0) is 30.5 Å². The van der Waals surface area contributed by atoms with E-state index in [0.29, 0.717) is 22.7 Å². The second kappa shape index (κ2) is 5.93. The first-order valence-corrected chi connectivity index (χ1v) is 7.17. The number of non-ortho nitro benzene ring substituents is 1. The van der Waals surface area contributed by atoms with Crippen LogP contribution in [0.3, 0.4) is 0 Å². The van der Waals surface area contributed by atoms with E-state index in [4.69, 9.17) is 4.42 Å². The lowest BCUT2D eigenvalue weighted by Gasteiger charge is -1.99. The quantitative estimate of drug-likeness (QED) is 0.522. The summed E-state index contributed by atoms with van der Waals surface area (Å²) in [5.74, 6) is 0.373. The van der Waals surface area contributed by atoms with Gasteiger partial charge in [-0.1, -0.05) is 19.4 Å². The van der Waals surface area contributed by atoms with Gasteiger partial charge in [-0.25, -0.2) is 4.98 Å². The van der Waals surface area contributed by atoms with E-state index in [1.165, 1.54) is 17.7 Å². The van der Waals surface area contributed by atoms with Gasteiger partial charge in [0.25, 0.3) is 5.69 Å². The number of fused-ring (bicyclic) bond motifs is 1. The number of rotatable bonds is 5. The highest BCUT2D eigenvalue weighted by atomic mass is 16.6. The normalized spacial score (nSPS) is 11.0. The van der Waals surface area contributed by atoms with Crippen LogP contribution in [0.5, 0.6) is 0 Å². The van der Waals surface area contributed by atoms with E-state index in [9.17, 15) is 10.1 Å². The third kappa shape index (κ3) is 2.81. The van der Waals surface area contributed by atoms with Crippen LogP contribution in [0.1, 0.15) is 25.3 Å². The number of unbranched alkanes of at least 4 members (excludes halogenated alkanes) is 1. The number of aryl methyl sites for hydroxylation is 1. The average molecular weight is 297 g/mol. The molecule has 1 aromatic carbocycles. The standard InChI is InChI=1S/C16H15N3O3/c1-2-3-4-11-5-7-13(17-10-11)16-18-14-9-12(19(20)21)6-8-15(14)22-16/h5-10H,2-4H2,1H3. The number of hydrogen-bond acceptors (Lipinski definition) is 5. The highest BCUT2D eigenvalue weighted by molar-refractivity contribution is 5.78. The number of nitro groups is 1. The van der Waals surface area contributed by atoms with Crippen LogP contribution in [-0.4, -0.2) is 14.9 Å². The third-order valence-electron chi connectivity index (χ3n) is 3.44. The molecule has 112 valence electrons.